The lowest BCUT2D eigenvalue weighted by Crippen LogP contribution is -2.56. The Kier molecular flexibility index (Phi) is 19.4. The number of amides is 5. The number of carbonyl (C=O) groups is 6. The van der Waals surface area contributed by atoms with Crippen LogP contribution >= 0.6 is 0 Å². The van der Waals surface area contributed by atoms with E-state index in [4.69, 9.17) is 14.5 Å². The summed E-state index contributed by atoms with van der Waals surface area (Å²) in [6.07, 6.45) is 6.65. The molecule has 3 aromatic heterocycles. The van der Waals surface area contributed by atoms with Crippen molar-refractivity contribution in [2.24, 2.45) is 5.92 Å². The fourth-order valence-electron chi connectivity index (χ4n) is 10.2. The van der Waals surface area contributed by atoms with Gasteiger partial charge in [-0.05, 0) is 100 Å². The number of nitrogens with zero attached hydrogens (tertiary/aromatic N) is 5. The number of rotatable bonds is 24. The van der Waals surface area contributed by atoms with Crippen molar-refractivity contribution in [2.75, 3.05) is 45.8 Å². The van der Waals surface area contributed by atoms with E-state index < -0.39 is 100 Å². The highest BCUT2D eigenvalue weighted by molar-refractivity contribution is 7.90. The molecule has 79 heavy (non-hydrogen) atoms. The van der Waals surface area contributed by atoms with Gasteiger partial charge in [0, 0.05) is 54.1 Å². The van der Waals surface area contributed by atoms with E-state index >= 15 is 4.39 Å². The van der Waals surface area contributed by atoms with Gasteiger partial charge >= 0.3 is 5.97 Å². The van der Waals surface area contributed by atoms with Crippen molar-refractivity contribution in [2.45, 2.75) is 141 Å². The number of aliphatic hydroxyl groups is 1. The Morgan fingerprint density at radius 1 is 0.975 bits per heavy atom. The first-order chi connectivity index (χ1) is 37.6. The molecule has 2 aliphatic heterocycles. The molecule has 4 atom stereocenters. The molecule has 424 valence electrons. The molecule has 0 saturated heterocycles. The van der Waals surface area contributed by atoms with E-state index in [0.717, 1.165) is 37.9 Å². The third kappa shape index (κ3) is 13.6. The largest absolute Gasteiger partial charge is 0.458 e. The Morgan fingerprint density at radius 2 is 1.71 bits per heavy atom. The van der Waals surface area contributed by atoms with Gasteiger partial charge in [0.05, 0.1) is 47.2 Å². The summed E-state index contributed by atoms with van der Waals surface area (Å²) in [6, 6.07) is 0.249. The van der Waals surface area contributed by atoms with Gasteiger partial charge in [-0.25, -0.2) is 32.6 Å². The van der Waals surface area contributed by atoms with Gasteiger partial charge < -0.3 is 50.6 Å². The summed E-state index contributed by atoms with van der Waals surface area (Å²) in [7, 11) is -3.55. The highest BCUT2D eigenvalue weighted by Crippen LogP contribution is 2.46. The smallest absolute Gasteiger partial charge is 0.343 e. The maximum atomic E-state index is 15.4. The number of esters is 1. The summed E-state index contributed by atoms with van der Waals surface area (Å²) in [4.78, 5) is 108. The highest BCUT2D eigenvalue weighted by Gasteiger charge is 2.46. The predicted molar refractivity (Wildman–Crippen MR) is 287 cm³/mol. The third-order valence-electron chi connectivity index (χ3n) is 14.6. The summed E-state index contributed by atoms with van der Waals surface area (Å²) >= 11 is 0. The number of sulfone groups is 1. The van der Waals surface area contributed by atoms with Gasteiger partial charge in [-0.1, -0.05) is 46.5 Å². The summed E-state index contributed by atoms with van der Waals surface area (Å²) < 4.78 is 50.9. The molecule has 7 rings (SSSR count). The van der Waals surface area contributed by atoms with E-state index in [0.29, 0.717) is 76.6 Å². The van der Waals surface area contributed by atoms with Crippen LogP contribution in [0.15, 0.2) is 34.5 Å². The summed E-state index contributed by atoms with van der Waals surface area (Å²) in [5, 5.41) is 25.4. The van der Waals surface area contributed by atoms with Crippen molar-refractivity contribution in [3.63, 3.8) is 0 Å². The second-order valence-electron chi connectivity index (χ2n) is 20.3. The molecule has 0 fully saturated rings. The Hall–Kier alpha value is -7.20. The summed E-state index contributed by atoms with van der Waals surface area (Å²) in [5.74, 6) is 1.31. The minimum absolute atomic E-state index is 0.0454. The Labute approximate surface area is 457 Å². The standard InChI is InChI=1S/C55H69FN10O12S/c1-8-55(74)37-22-42-49-35(27-66(42)52(72)36(37)28-78-53(55)73)47-39(20-19-34-32(6)38(56)23-41(62-49)46(34)47)61-45(69)29-77-30-60-44(68)26-57-50(70)40(17-14-15-21-65(9-2)10-3)63-51(71)48(31(4)5)64-43(67)18-13-11-12-16-33-24-58-54(59-25-33)79(7,75)76/h22-25,31,39-40,48,74H,8-11,13-15,17-21,26-30H2,1-7H3,(H,57,70)(H,60,68)(H,61,69)(H,63,71)(H,64,67)/t39-,40-,48-,55-/m0/s1. The van der Waals surface area contributed by atoms with Gasteiger partial charge in [-0.3, -0.25) is 28.8 Å². The van der Waals surface area contributed by atoms with Gasteiger partial charge in [0.1, 0.15) is 37.8 Å². The van der Waals surface area contributed by atoms with E-state index in [1.54, 1.807) is 33.8 Å². The van der Waals surface area contributed by atoms with E-state index in [-0.39, 0.29) is 54.6 Å². The number of aryl methyl sites for hydroxylation is 1. The average molecular weight is 1110 g/mol. The maximum absolute atomic E-state index is 15.4. The number of benzene rings is 1. The van der Waals surface area contributed by atoms with Crippen LogP contribution in [0.5, 0.6) is 0 Å². The molecule has 3 aliphatic rings. The van der Waals surface area contributed by atoms with Crippen molar-refractivity contribution in [3.05, 3.63) is 79.6 Å². The maximum Gasteiger partial charge on any atom is 0.343 e. The predicted octanol–water partition coefficient (Wildman–Crippen LogP) is 2.39. The van der Waals surface area contributed by atoms with Gasteiger partial charge in [0.2, 0.25) is 44.5 Å². The number of carbonyl (C=O) groups excluding carboxylic acids is 6. The Balaban J connectivity index is 0.930. The number of fused-ring (bicyclic) bond motifs is 5. The van der Waals surface area contributed by atoms with Crippen molar-refractivity contribution in [1.82, 2.24) is 51.0 Å². The molecule has 0 radical (unpaired) electrons. The quantitative estimate of drug-likeness (QED) is 0.0170. The SMILES string of the molecule is CCN(CC)CCCC[C@H](NC(=O)[C@@H](NC(=O)CCCC#Cc1cnc(S(C)(=O)=O)nc1)C(C)C)C(=O)NCC(=O)NCOCC(=O)N[C@H]1CCc2c(C)c(F)cc3nc4c(c1c23)Cn1c-4cc2c(c1=O)COC(=O)[C@]2(O)CC. The van der Waals surface area contributed by atoms with E-state index in [1.807, 2.05) is 0 Å². The zero-order chi connectivity index (χ0) is 57.3. The zero-order valence-corrected chi connectivity index (χ0v) is 46.4. The Morgan fingerprint density at radius 3 is 2.39 bits per heavy atom. The number of hydrogen-bond donors (Lipinski definition) is 6. The second-order valence-corrected chi connectivity index (χ2v) is 22.2. The lowest BCUT2D eigenvalue weighted by molar-refractivity contribution is -0.172. The van der Waals surface area contributed by atoms with Crippen LogP contribution in [-0.2, 0) is 73.3 Å². The fraction of sp³-hybridized carbons (Fsp3) is 0.527. The normalized spacial score (nSPS) is 16.9. The first kappa shape index (κ1) is 59.5. The minimum Gasteiger partial charge on any atom is -0.458 e. The lowest BCUT2D eigenvalue weighted by Gasteiger charge is -2.31. The molecule has 0 bridgehead atoms. The highest BCUT2D eigenvalue weighted by atomic mass is 32.2. The third-order valence-corrected chi connectivity index (χ3v) is 15.5. The van der Waals surface area contributed by atoms with Crippen molar-refractivity contribution in [3.8, 4) is 23.2 Å². The van der Waals surface area contributed by atoms with Gasteiger partial charge in [-0.2, -0.15) is 0 Å². The number of aromatic nitrogens is 4. The first-order valence-electron chi connectivity index (χ1n) is 26.7. The average Bonchev–Trinajstić information content (AvgIpc) is 4.08. The van der Waals surface area contributed by atoms with Crippen molar-refractivity contribution in [1.29, 1.82) is 0 Å². The lowest BCUT2D eigenvalue weighted by atomic mass is 9.81. The number of hydrogen-bond acceptors (Lipinski definition) is 16. The molecule has 5 amide bonds. The van der Waals surface area contributed by atoms with Crippen LogP contribution in [-0.4, -0.2) is 131 Å². The van der Waals surface area contributed by atoms with Gasteiger partial charge in [0.15, 0.2) is 5.60 Å². The summed E-state index contributed by atoms with van der Waals surface area (Å²) in [6.45, 7) is 11.8. The van der Waals surface area contributed by atoms with Crippen LogP contribution in [0.25, 0.3) is 22.3 Å². The van der Waals surface area contributed by atoms with E-state index in [9.17, 15) is 47.1 Å². The molecular weight excluding hydrogens is 1040 g/mol. The molecule has 6 N–H and O–H groups in total. The molecule has 4 aromatic rings. The van der Waals surface area contributed by atoms with Gasteiger partial charge in [0.25, 0.3) is 5.56 Å². The van der Waals surface area contributed by atoms with Crippen LogP contribution in [0.2, 0.25) is 0 Å². The molecule has 1 aromatic carbocycles. The number of pyridine rings is 2. The molecule has 0 unspecified atom stereocenters. The number of nitrogens with one attached hydrogen (secondary N) is 5. The van der Waals surface area contributed by atoms with Crippen LogP contribution in [0.4, 0.5) is 4.39 Å². The molecule has 0 saturated carbocycles. The second kappa shape index (κ2) is 25.7. The molecular formula is C55H69FN10O12S. The van der Waals surface area contributed by atoms with Gasteiger partial charge in [-0.15, -0.1) is 0 Å². The molecule has 22 nitrogen and oxygen atoms in total. The number of unbranched alkanes of at least 4 members (excludes halogenated alkanes) is 2. The minimum atomic E-state index is -3.55. The van der Waals surface area contributed by atoms with Crippen LogP contribution in [0, 0.1) is 30.5 Å². The van der Waals surface area contributed by atoms with Crippen LogP contribution in [0.1, 0.15) is 131 Å². The Bertz CT molecular complexity index is 3260. The first-order valence-corrected chi connectivity index (χ1v) is 28.5. The molecule has 0 spiro atoms. The molecule has 5 heterocycles. The van der Waals surface area contributed by atoms with E-state index in [1.165, 1.54) is 23.0 Å². The molecule has 1 aliphatic carbocycles. The number of halogens is 1. The van der Waals surface area contributed by atoms with Crippen molar-refractivity contribution >= 4 is 56.2 Å². The summed E-state index contributed by atoms with van der Waals surface area (Å²) in [5.41, 5.74) is 1.65. The van der Waals surface area contributed by atoms with Crippen LogP contribution in [0.3, 0.4) is 0 Å². The fourth-order valence-corrected chi connectivity index (χ4v) is 10.7. The topological polar surface area (TPSA) is 299 Å². The monoisotopic (exact) mass is 1110 g/mol. The van der Waals surface area contributed by atoms with Crippen molar-refractivity contribution < 1.29 is 56.2 Å². The number of ether oxygens (including phenoxy) is 2. The van der Waals surface area contributed by atoms with E-state index in [2.05, 4.69) is 67.1 Å². The molecule has 24 heteroatoms. The van der Waals surface area contributed by atoms with Crippen LogP contribution < -0.4 is 32.1 Å². The number of cyclic esters (lactones) is 1. The zero-order valence-electron chi connectivity index (χ0n) is 45.6.